The summed E-state index contributed by atoms with van der Waals surface area (Å²) in [6.45, 7) is 4.00. The van der Waals surface area contributed by atoms with Crippen LogP contribution in [0.3, 0.4) is 0 Å². The van der Waals surface area contributed by atoms with Crippen LogP contribution >= 0.6 is 11.6 Å². The van der Waals surface area contributed by atoms with E-state index >= 15 is 0 Å². The number of ether oxygens (including phenoxy) is 1. The lowest BCUT2D eigenvalue weighted by atomic mass is 9.96. The molecule has 16 heavy (non-hydrogen) atoms. The maximum absolute atomic E-state index is 6.11. The third kappa shape index (κ3) is 2.67. The molecule has 0 amide bonds. The molecule has 0 fully saturated rings. The van der Waals surface area contributed by atoms with Gasteiger partial charge in [-0.25, -0.2) is 0 Å². The smallest absolute Gasteiger partial charge is 0.137 e. The largest absolute Gasteiger partial charge is 0.495 e. The molecule has 2 unspecified atom stereocenters. The summed E-state index contributed by atoms with van der Waals surface area (Å²) < 4.78 is 5.17. The summed E-state index contributed by atoms with van der Waals surface area (Å²) in [4.78, 5) is 0. The van der Waals surface area contributed by atoms with E-state index in [-0.39, 0.29) is 12.1 Å². The summed E-state index contributed by atoms with van der Waals surface area (Å²) in [6, 6.07) is 3.97. The van der Waals surface area contributed by atoms with Gasteiger partial charge in [0.15, 0.2) is 0 Å². The molecule has 0 heterocycles. The molecule has 0 aromatic heterocycles. The van der Waals surface area contributed by atoms with Crippen LogP contribution in [0.15, 0.2) is 12.1 Å². The maximum atomic E-state index is 6.11. The van der Waals surface area contributed by atoms with Gasteiger partial charge < -0.3 is 15.8 Å². The van der Waals surface area contributed by atoms with Gasteiger partial charge in [-0.05, 0) is 44.2 Å². The molecule has 3 nitrogen and oxygen atoms in total. The first-order valence-electron chi connectivity index (χ1n) is 5.28. The number of methoxy groups -OCH3 is 1. The Morgan fingerprint density at radius 1 is 1.44 bits per heavy atom. The summed E-state index contributed by atoms with van der Waals surface area (Å²) in [5.74, 6) is 0.697. The summed E-state index contributed by atoms with van der Waals surface area (Å²) >= 11 is 6.11. The average Bonchev–Trinajstić information content (AvgIpc) is 2.23. The summed E-state index contributed by atoms with van der Waals surface area (Å²) in [5, 5.41) is 3.81. The van der Waals surface area contributed by atoms with Gasteiger partial charge in [0.1, 0.15) is 5.75 Å². The zero-order chi connectivity index (χ0) is 12.3. The van der Waals surface area contributed by atoms with Crippen LogP contribution < -0.4 is 15.8 Å². The van der Waals surface area contributed by atoms with Gasteiger partial charge in [0.25, 0.3) is 0 Å². The molecular weight excluding hydrogens is 224 g/mol. The van der Waals surface area contributed by atoms with Crippen molar-refractivity contribution in [1.82, 2.24) is 5.32 Å². The minimum Gasteiger partial charge on any atom is -0.495 e. The second-order valence-electron chi connectivity index (χ2n) is 3.97. The van der Waals surface area contributed by atoms with Crippen molar-refractivity contribution in [3.63, 3.8) is 0 Å². The van der Waals surface area contributed by atoms with Gasteiger partial charge >= 0.3 is 0 Å². The minimum absolute atomic E-state index is 0.0214. The van der Waals surface area contributed by atoms with Crippen LogP contribution in [0.2, 0.25) is 5.02 Å². The lowest BCUT2D eigenvalue weighted by molar-refractivity contribution is 0.413. The van der Waals surface area contributed by atoms with Crippen LogP contribution in [0.25, 0.3) is 0 Å². The Balaban J connectivity index is 3.18. The van der Waals surface area contributed by atoms with Crippen LogP contribution in [0, 0.1) is 6.92 Å². The quantitative estimate of drug-likeness (QED) is 0.852. The molecule has 4 heteroatoms. The molecule has 3 N–H and O–H groups in total. The Bertz CT molecular complexity index is 366. The van der Waals surface area contributed by atoms with E-state index in [4.69, 9.17) is 22.1 Å². The topological polar surface area (TPSA) is 47.3 Å². The highest BCUT2D eigenvalue weighted by Gasteiger charge is 2.17. The molecule has 0 aliphatic heterocycles. The Labute approximate surface area is 102 Å². The molecule has 0 aliphatic carbocycles. The van der Waals surface area contributed by atoms with Crippen LogP contribution in [0.1, 0.15) is 24.1 Å². The molecule has 1 aromatic rings. The SMILES string of the molecule is CNC(c1cc(Cl)c(OC)cc1C)C(C)N. The lowest BCUT2D eigenvalue weighted by Gasteiger charge is -2.23. The predicted molar refractivity (Wildman–Crippen MR) is 68.2 cm³/mol. The van der Waals surface area contributed by atoms with Gasteiger partial charge in [0.05, 0.1) is 12.1 Å². The molecule has 0 saturated carbocycles. The fourth-order valence-corrected chi connectivity index (χ4v) is 2.11. The predicted octanol–water partition coefficient (Wildman–Crippen LogP) is 2.26. The van der Waals surface area contributed by atoms with Crippen molar-refractivity contribution in [3.8, 4) is 5.75 Å². The number of nitrogens with two attached hydrogens (primary N) is 1. The molecule has 0 radical (unpaired) electrons. The minimum atomic E-state index is 0.0214. The van der Waals surface area contributed by atoms with Gasteiger partial charge in [-0.15, -0.1) is 0 Å². The Kier molecular flexibility index (Phi) is 4.59. The van der Waals surface area contributed by atoms with Gasteiger partial charge in [-0.2, -0.15) is 0 Å². The zero-order valence-electron chi connectivity index (χ0n) is 10.2. The van der Waals surface area contributed by atoms with Gasteiger partial charge in [-0.3, -0.25) is 0 Å². The normalized spacial score (nSPS) is 14.6. The van der Waals surface area contributed by atoms with Crippen LogP contribution in [0.4, 0.5) is 0 Å². The van der Waals surface area contributed by atoms with E-state index in [2.05, 4.69) is 5.32 Å². The van der Waals surface area contributed by atoms with Crippen molar-refractivity contribution in [1.29, 1.82) is 0 Å². The van der Waals surface area contributed by atoms with Crippen molar-refractivity contribution >= 4 is 11.6 Å². The van der Waals surface area contributed by atoms with E-state index < -0.39 is 0 Å². The van der Waals surface area contributed by atoms with Crippen LogP contribution in [0.5, 0.6) is 5.75 Å². The van der Waals surface area contributed by atoms with Gasteiger partial charge in [0.2, 0.25) is 0 Å². The third-order valence-electron chi connectivity index (χ3n) is 2.71. The first-order valence-corrected chi connectivity index (χ1v) is 5.66. The van der Waals surface area contributed by atoms with Gasteiger partial charge in [0, 0.05) is 12.1 Å². The van der Waals surface area contributed by atoms with Crippen LogP contribution in [-0.2, 0) is 0 Å². The summed E-state index contributed by atoms with van der Waals surface area (Å²) in [6.07, 6.45) is 0. The molecule has 1 rings (SSSR count). The number of halogens is 1. The van der Waals surface area contributed by atoms with E-state index in [1.165, 1.54) is 0 Å². The standard InChI is InChI=1S/C12H19ClN2O/c1-7-5-11(16-4)10(13)6-9(7)12(15-3)8(2)14/h5-6,8,12,15H,14H2,1-4H3. The first kappa shape index (κ1) is 13.3. The first-order chi connectivity index (χ1) is 7.51. The number of likely N-dealkylation sites (N-methyl/N-ethyl adjacent to an activating group) is 1. The number of hydrogen-bond donors (Lipinski definition) is 2. The lowest BCUT2D eigenvalue weighted by Crippen LogP contribution is -2.34. The zero-order valence-corrected chi connectivity index (χ0v) is 10.9. The highest BCUT2D eigenvalue weighted by Crippen LogP contribution is 2.31. The molecule has 0 spiro atoms. The van der Waals surface area contributed by atoms with Crippen molar-refractivity contribution in [3.05, 3.63) is 28.3 Å². The molecule has 2 atom stereocenters. The monoisotopic (exact) mass is 242 g/mol. The number of rotatable bonds is 4. The number of nitrogens with one attached hydrogen (secondary N) is 1. The van der Waals surface area contributed by atoms with E-state index in [9.17, 15) is 0 Å². The second-order valence-corrected chi connectivity index (χ2v) is 4.38. The number of hydrogen-bond acceptors (Lipinski definition) is 3. The number of benzene rings is 1. The highest BCUT2D eigenvalue weighted by molar-refractivity contribution is 6.32. The summed E-state index contributed by atoms with van der Waals surface area (Å²) in [7, 11) is 3.51. The fourth-order valence-electron chi connectivity index (χ4n) is 1.86. The average molecular weight is 243 g/mol. The Morgan fingerprint density at radius 3 is 2.50 bits per heavy atom. The maximum Gasteiger partial charge on any atom is 0.137 e. The van der Waals surface area contributed by atoms with E-state index in [1.807, 2.05) is 33.0 Å². The van der Waals surface area contributed by atoms with Crippen molar-refractivity contribution in [2.24, 2.45) is 5.73 Å². The Hall–Kier alpha value is -0.770. The van der Waals surface area contributed by atoms with E-state index in [0.29, 0.717) is 10.8 Å². The fraction of sp³-hybridized carbons (Fsp3) is 0.500. The van der Waals surface area contributed by atoms with Crippen molar-refractivity contribution in [2.75, 3.05) is 14.2 Å². The van der Waals surface area contributed by atoms with Gasteiger partial charge in [-0.1, -0.05) is 11.6 Å². The molecular formula is C12H19ClN2O. The Morgan fingerprint density at radius 2 is 2.06 bits per heavy atom. The number of aryl methyl sites for hydroxylation is 1. The highest BCUT2D eigenvalue weighted by atomic mass is 35.5. The molecule has 0 aliphatic rings. The molecule has 0 bridgehead atoms. The molecule has 90 valence electrons. The van der Waals surface area contributed by atoms with Crippen LogP contribution in [-0.4, -0.2) is 20.2 Å². The second kappa shape index (κ2) is 5.53. The van der Waals surface area contributed by atoms with Crippen molar-refractivity contribution < 1.29 is 4.74 Å². The van der Waals surface area contributed by atoms with Crippen molar-refractivity contribution in [2.45, 2.75) is 25.9 Å². The summed E-state index contributed by atoms with van der Waals surface area (Å²) in [5.41, 5.74) is 8.17. The third-order valence-corrected chi connectivity index (χ3v) is 3.01. The van der Waals surface area contributed by atoms with E-state index in [0.717, 1.165) is 11.1 Å². The molecule has 1 aromatic carbocycles. The van der Waals surface area contributed by atoms with E-state index in [1.54, 1.807) is 7.11 Å². The molecule has 0 saturated heterocycles.